The highest BCUT2D eigenvalue weighted by Gasteiger charge is 2.30. The zero-order chi connectivity index (χ0) is 17.4. The SMILES string of the molecule is O=C(OCC(=O)N1CCOC1=O)c1c2c(nc3ccccc13)CCC2. The van der Waals surface area contributed by atoms with E-state index < -0.39 is 24.6 Å². The lowest BCUT2D eigenvalue weighted by atomic mass is 10.0. The Balaban J connectivity index is 1.60. The number of hydrogen-bond donors (Lipinski definition) is 0. The maximum atomic E-state index is 12.7. The fourth-order valence-corrected chi connectivity index (χ4v) is 3.34. The maximum absolute atomic E-state index is 12.7. The molecule has 0 atom stereocenters. The van der Waals surface area contributed by atoms with Gasteiger partial charge in [0.15, 0.2) is 6.61 Å². The van der Waals surface area contributed by atoms with E-state index in [2.05, 4.69) is 4.98 Å². The molecule has 2 amide bonds. The first-order valence-electron chi connectivity index (χ1n) is 8.20. The zero-order valence-corrected chi connectivity index (χ0v) is 13.5. The molecule has 1 fully saturated rings. The lowest BCUT2D eigenvalue weighted by Crippen LogP contribution is -2.35. The summed E-state index contributed by atoms with van der Waals surface area (Å²) in [6, 6.07) is 7.40. The van der Waals surface area contributed by atoms with Gasteiger partial charge >= 0.3 is 12.1 Å². The van der Waals surface area contributed by atoms with E-state index >= 15 is 0 Å². The Kier molecular flexibility index (Phi) is 3.83. The van der Waals surface area contributed by atoms with E-state index in [1.165, 1.54) is 0 Å². The van der Waals surface area contributed by atoms with Gasteiger partial charge < -0.3 is 9.47 Å². The fraction of sp³-hybridized carbons (Fsp3) is 0.333. The van der Waals surface area contributed by atoms with Gasteiger partial charge in [-0.25, -0.2) is 14.5 Å². The third kappa shape index (κ3) is 2.71. The van der Waals surface area contributed by atoms with Crippen LogP contribution >= 0.6 is 0 Å². The summed E-state index contributed by atoms with van der Waals surface area (Å²) in [5.74, 6) is -1.14. The quantitative estimate of drug-likeness (QED) is 0.793. The minimum atomic E-state index is -0.698. The summed E-state index contributed by atoms with van der Waals surface area (Å²) in [7, 11) is 0. The fourth-order valence-electron chi connectivity index (χ4n) is 3.34. The molecule has 128 valence electrons. The monoisotopic (exact) mass is 340 g/mol. The first kappa shape index (κ1) is 15.6. The standard InChI is InChI=1S/C18H16N2O5/c21-15(20-8-9-24-18(20)23)10-25-17(22)16-11-4-1-2-6-13(11)19-14-7-3-5-12(14)16/h1-2,4,6H,3,5,7-10H2. The Morgan fingerprint density at radius 3 is 2.88 bits per heavy atom. The van der Waals surface area contributed by atoms with Crippen molar-refractivity contribution >= 4 is 28.9 Å². The van der Waals surface area contributed by atoms with Crippen LogP contribution in [-0.4, -0.2) is 47.6 Å². The number of benzene rings is 1. The number of imide groups is 1. The molecular weight excluding hydrogens is 324 g/mol. The number of carbonyl (C=O) groups excluding carboxylic acids is 3. The van der Waals surface area contributed by atoms with Crippen molar-refractivity contribution in [2.24, 2.45) is 0 Å². The average molecular weight is 340 g/mol. The van der Waals surface area contributed by atoms with E-state index in [9.17, 15) is 14.4 Å². The topological polar surface area (TPSA) is 85.8 Å². The number of esters is 1. The van der Waals surface area contributed by atoms with Crippen molar-refractivity contribution in [3.8, 4) is 0 Å². The van der Waals surface area contributed by atoms with Crippen LogP contribution in [0.5, 0.6) is 0 Å². The molecule has 25 heavy (non-hydrogen) atoms. The molecule has 2 heterocycles. The minimum absolute atomic E-state index is 0.168. The molecule has 1 aromatic carbocycles. The molecule has 0 saturated carbocycles. The molecule has 7 heteroatoms. The molecule has 0 radical (unpaired) electrons. The number of rotatable bonds is 3. The van der Waals surface area contributed by atoms with Crippen LogP contribution in [0, 0.1) is 0 Å². The highest BCUT2D eigenvalue weighted by atomic mass is 16.6. The van der Waals surface area contributed by atoms with Crippen LogP contribution in [0.15, 0.2) is 24.3 Å². The summed E-state index contributed by atoms with van der Waals surface area (Å²) in [5, 5.41) is 0.723. The van der Waals surface area contributed by atoms with Crippen LogP contribution in [0.1, 0.15) is 28.0 Å². The number of ether oxygens (including phenoxy) is 2. The van der Waals surface area contributed by atoms with E-state index in [4.69, 9.17) is 9.47 Å². The second-order valence-electron chi connectivity index (χ2n) is 6.02. The summed E-state index contributed by atoms with van der Waals surface area (Å²) in [5.41, 5.74) is 3.04. The Bertz CT molecular complexity index is 892. The molecule has 4 rings (SSSR count). The number of fused-ring (bicyclic) bond motifs is 2. The lowest BCUT2D eigenvalue weighted by Gasteiger charge is -2.13. The lowest BCUT2D eigenvalue weighted by molar-refractivity contribution is -0.131. The van der Waals surface area contributed by atoms with Gasteiger partial charge in [-0.1, -0.05) is 18.2 Å². The van der Waals surface area contributed by atoms with Crippen LogP contribution in [0.4, 0.5) is 4.79 Å². The summed E-state index contributed by atoms with van der Waals surface area (Å²) >= 11 is 0. The summed E-state index contributed by atoms with van der Waals surface area (Å²) in [6.07, 6.45) is 1.84. The van der Waals surface area contributed by atoms with Gasteiger partial charge in [0.1, 0.15) is 6.61 Å². The zero-order valence-electron chi connectivity index (χ0n) is 13.5. The van der Waals surface area contributed by atoms with Gasteiger partial charge in [-0.2, -0.15) is 0 Å². The Morgan fingerprint density at radius 1 is 1.24 bits per heavy atom. The first-order valence-corrected chi connectivity index (χ1v) is 8.20. The van der Waals surface area contributed by atoms with Crippen molar-refractivity contribution in [2.75, 3.05) is 19.8 Å². The molecule has 1 saturated heterocycles. The average Bonchev–Trinajstić information content (AvgIpc) is 3.25. The van der Waals surface area contributed by atoms with Gasteiger partial charge in [-0.05, 0) is 30.9 Å². The van der Waals surface area contributed by atoms with E-state index in [0.717, 1.165) is 46.3 Å². The highest BCUT2D eigenvalue weighted by Crippen LogP contribution is 2.30. The smallest absolute Gasteiger partial charge is 0.416 e. The number of para-hydroxylation sites is 1. The second-order valence-corrected chi connectivity index (χ2v) is 6.02. The van der Waals surface area contributed by atoms with Gasteiger partial charge in [0, 0.05) is 11.1 Å². The van der Waals surface area contributed by atoms with Gasteiger partial charge in [0.05, 0.1) is 17.6 Å². The summed E-state index contributed by atoms with van der Waals surface area (Å²) in [6.45, 7) is -0.136. The van der Waals surface area contributed by atoms with Crippen LogP contribution in [-0.2, 0) is 27.1 Å². The van der Waals surface area contributed by atoms with Gasteiger partial charge in [0.2, 0.25) is 0 Å². The third-order valence-electron chi connectivity index (χ3n) is 4.51. The van der Waals surface area contributed by atoms with E-state index in [1.807, 2.05) is 24.3 Å². The van der Waals surface area contributed by atoms with Crippen molar-refractivity contribution in [1.82, 2.24) is 9.88 Å². The molecule has 1 aliphatic carbocycles. The highest BCUT2D eigenvalue weighted by molar-refractivity contribution is 6.06. The molecule has 2 aliphatic rings. The molecule has 0 bridgehead atoms. The number of carbonyl (C=O) groups is 3. The van der Waals surface area contributed by atoms with E-state index in [0.29, 0.717) is 5.56 Å². The van der Waals surface area contributed by atoms with Gasteiger partial charge in [-0.15, -0.1) is 0 Å². The third-order valence-corrected chi connectivity index (χ3v) is 4.51. The number of aromatic nitrogens is 1. The largest absolute Gasteiger partial charge is 0.452 e. The number of hydrogen-bond acceptors (Lipinski definition) is 6. The first-order chi connectivity index (χ1) is 12.1. The van der Waals surface area contributed by atoms with Crippen molar-refractivity contribution < 1.29 is 23.9 Å². The molecular formula is C18H16N2O5. The predicted octanol–water partition coefficient (Wildman–Crippen LogP) is 1.86. The number of aryl methyl sites for hydroxylation is 1. The minimum Gasteiger partial charge on any atom is -0.452 e. The summed E-state index contributed by atoms with van der Waals surface area (Å²) in [4.78, 5) is 41.7. The van der Waals surface area contributed by atoms with Crippen molar-refractivity contribution in [3.05, 3.63) is 41.1 Å². The van der Waals surface area contributed by atoms with Crippen LogP contribution in [0.25, 0.3) is 10.9 Å². The van der Waals surface area contributed by atoms with E-state index in [1.54, 1.807) is 0 Å². The maximum Gasteiger partial charge on any atom is 0.416 e. The Morgan fingerprint density at radius 2 is 2.08 bits per heavy atom. The van der Waals surface area contributed by atoms with Crippen molar-refractivity contribution in [2.45, 2.75) is 19.3 Å². The Hall–Kier alpha value is -2.96. The molecule has 1 aliphatic heterocycles. The normalized spacial score (nSPS) is 16.0. The number of pyridine rings is 1. The van der Waals surface area contributed by atoms with Crippen molar-refractivity contribution in [3.63, 3.8) is 0 Å². The van der Waals surface area contributed by atoms with Crippen LogP contribution in [0.3, 0.4) is 0 Å². The number of amides is 2. The molecule has 0 unspecified atom stereocenters. The molecule has 0 spiro atoms. The van der Waals surface area contributed by atoms with Crippen molar-refractivity contribution in [1.29, 1.82) is 0 Å². The van der Waals surface area contributed by atoms with Crippen LogP contribution in [0.2, 0.25) is 0 Å². The Labute approximate surface area is 143 Å². The molecule has 2 aromatic rings. The molecule has 1 aromatic heterocycles. The van der Waals surface area contributed by atoms with Gasteiger partial charge in [-0.3, -0.25) is 9.78 Å². The molecule has 7 nitrogen and oxygen atoms in total. The molecule has 0 N–H and O–H groups in total. The van der Waals surface area contributed by atoms with E-state index in [-0.39, 0.29) is 13.2 Å². The predicted molar refractivity (Wildman–Crippen MR) is 87.1 cm³/mol. The number of cyclic esters (lactones) is 1. The van der Waals surface area contributed by atoms with Crippen LogP contribution < -0.4 is 0 Å². The second kappa shape index (κ2) is 6.16. The summed E-state index contributed by atoms with van der Waals surface area (Å²) < 4.78 is 9.93. The number of nitrogens with zero attached hydrogens (tertiary/aromatic N) is 2. The van der Waals surface area contributed by atoms with Gasteiger partial charge in [0.25, 0.3) is 5.91 Å².